The van der Waals surface area contributed by atoms with E-state index in [0.29, 0.717) is 43.3 Å². The first-order valence-corrected chi connectivity index (χ1v) is 9.45. The average molecular weight is 373 g/mol. The number of nitrogens with one attached hydrogen (secondary N) is 1. The van der Waals surface area contributed by atoms with Gasteiger partial charge in [-0.05, 0) is 31.2 Å². The minimum Gasteiger partial charge on any atom is -0.497 e. The molecule has 146 valence electrons. The number of methoxy groups -OCH3 is 1. The molecule has 8 heteroatoms. The van der Waals surface area contributed by atoms with Gasteiger partial charge in [0.15, 0.2) is 0 Å². The number of aromatic nitrogens is 4. The van der Waals surface area contributed by atoms with Crippen LogP contribution < -0.4 is 15.7 Å². The number of carbonyl (C=O) groups is 1. The van der Waals surface area contributed by atoms with Crippen LogP contribution in [0.25, 0.3) is 0 Å². The van der Waals surface area contributed by atoms with Gasteiger partial charge in [-0.25, -0.2) is 9.48 Å². The Labute approximate surface area is 158 Å². The van der Waals surface area contributed by atoms with Crippen molar-refractivity contribution in [2.45, 2.75) is 58.7 Å². The summed E-state index contributed by atoms with van der Waals surface area (Å²) in [6.07, 6.45) is 4.59. The van der Waals surface area contributed by atoms with Crippen LogP contribution in [0.5, 0.6) is 5.75 Å². The minimum absolute atomic E-state index is 0.0179. The molecule has 0 radical (unpaired) electrons. The number of hydrogen-bond donors (Lipinski definition) is 1. The van der Waals surface area contributed by atoms with E-state index in [1.165, 1.54) is 0 Å². The molecule has 3 rings (SSSR count). The molecule has 0 aliphatic carbocycles. The Morgan fingerprint density at radius 1 is 1.41 bits per heavy atom. The highest BCUT2D eigenvalue weighted by Crippen LogP contribution is 2.14. The monoisotopic (exact) mass is 373 g/mol. The number of rotatable bonds is 6. The van der Waals surface area contributed by atoms with Crippen LogP contribution in [-0.4, -0.2) is 38.4 Å². The molecule has 1 aliphatic rings. The number of nitrogens with zero attached hydrogens (tertiary/aromatic N) is 4. The zero-order chi connectivity index (χ0) is 19.4. The van der Waals surface area contributed by atoms with Crippen molar-refractivity contribution in [2.75, 3.05) is 7.11 Å². The molecule has 0 spiro atoms. The number of fused-ring (bicyclic) bond motifs is 1. The van der Waals surface area contributed by atoms with Gasteiger partial charge in [0.2, 0.25) is 0 Å². The maximum Gasteiger partial charge on any atom is 0.345 e. The Bertz CT molecular complexity index is 855. The summed E-state index contributed by atoms with van der Waals surface area (Å²) in [7, 11) is 1.55. The molecule has 2 aromatic heterocycles. The van der Waals surface area contributed by atoms with Crippen molar-refractivity contribution in [1.82, 2.24) is 24.6 Å². The summed E-state index contributed by atoms with van der Waals surface area (Å²) < 4.78 is 8.46. The fourth-order valence-electron chi connectivity index (χ4n) is 3.22. The molecule has 0 fully saturated rings. The summed E-state index contributed by atoms with van der Waals surface area (Å²) in [6, 6.07) is 3.30. The molecule has 1 aliphatic heterocycles. The van der Waals surface area contributed by atoms with Crippen LogP contribution in [0.1, 0.15) is 49.4 Å². The molecule has 1 N–H and O–H groups in total. The van der Waals surface area contributed by atoms with Crippen LogP contribution in [0, 0.1) is 5.92 Å². The third-order valence-corrected chi connectivity index (χ3v) is 4.87. The summed E-state index contributed by atoms with van der Waals surface area (Å²) in [5.74, 6) is 1.70. The number of hydrogen-bond acceptors (Lipinski definition) is 5. The number of ether oxygens (including phenoxy) is 1. The molecule has 1 atom stereocenters. The van der Waals surface area contributed by atoms with Gasteiger partial charge < -0.3 is 10.1 Å². The molecule has 0 saturated carbocycles. The summed E-state index contributed by atoms with van der Waals surface area (Å²) in [4.78, 5) is 29.1. The van der Waals surface area contributed by atoms with Crippen molar-refractivity contribution in [3.8, 4) is 5.75 Å². The fraction of sp³-hybridized carbons (Fsp3) is 0.579. The number of carbonyl (C=O) groups excluding carboxylic acids is 1. The number of amides is 1. The van der Waals surface area contributed by atoms with E-state index < -0.39 is 0 Å². The molecule has 0 aromatic carbocycles. The van der Waals surface area contributed by atoms with Gasteiger partial charge in [-0.1, -0.05) is 13.8 Å². The van der Waals surface area contributed by atoms with Gasteiger partial charge in [0.05, 0.1) is 7.11 Å². The van der Waals surface area contributed by atoms with Crippen molar-refractivity contribution in [2.24, 2.45) is 5.92 Å². The lowest BCUT2D eigenvalue weighted by Gasteiger charge is -2.16. The Balaban J connectivity index is 1.63. The van der Waals surface area contributed by atoms with Gasteiger partial charge in [0.25, 0.3) is 5.91 Å². The second-order valence-electron chi connectivity index (χ2n) is 7.33. The van der Waals surface area contributed by atoms with Gasteiger partial charge in [0, 0.05) is 37.8 Å². The molecule has 8 nitrogen and oxygen atoms in total. The second kappa shape index (κ2) is 8.37. The highest BCUT2D eigenvalue weighted by Gasteiger charge is 2.23. The van der Waals surface area contributed by atoms with Crippen molar-refractivity contribution in [3.63, 3.8) is 0 Å². The predicted molar refractivity (Wildman–Crippen MR) is 101 cm³/mol. The molecule has 0 bridgehead atoms. The Morgan fingerprint density at radius 2 is 2.22 bits per heavy atom. The number of pyridine rings is 1. The Morgan fingerprint density at radius 3 is 2.96 bits per heavy atom. The van der Waals surface area contributed by atoms with E-state index in [-0.39, 0.29) is 17.6 Å². The Kier molecular flexibility index (Phi) is 5.93. The first-order chi connectivity index (χ1) is 13.0. The molecule has 27 heavy (non-hydrogen) atoms. The topological polar surface area (TPSA) is 91.0 Å². The van der Waals surface area contributed by atoms with E-state index in [9.17, 15) is 9.59 Å². The third kappa shape index (κ3) is 4.56. The fourth-order valence-corrected chi connectivity index (χ4v) is 3.22. The zero-order valence-corrected chi connectivity index (χ0v) is 16.1. The summed E-state index contributed by atoms with van der Waals surface area (Å²) >= 11 is 0. The highest BCUT2D eigenvalue weighted by molar-refractivity contribution is 5.92. The molecule has 0 saturated heterocycles. The molecule has 1 unspecified atom stereocenters. The number of aryl methyl sites for hydroxylation is 2. The predicted octanol–water partition coefficient (Wildman–Crippen LogP) is 1.63. The quantitative estimate of drug-likeness (QED) is 0.831. The maximum atomic E-state index is 12.6. The van der Waals surface area contributed by atoms with Crippen LogP contribution in [-0.2, 0) is 19.5 Å². The van der Waals surface area contributed by atoms with Crippen molar-refractivity contribution < 1.29 is 9.53 Å². The second-order valence-corrected chi connectivity index (χ2v) is 7.33. The van der Waals surface area contributed by atoms with E-state index >= 15 is 0 Å². The van der Waals surface area contributed by atoms with Crippen LogP contribution in [0.3, 0.4) is 0 Å². The van der Waals surface area contributed by atoms with Crippen molar-refractivity contribution in [1.29, 1.82) is 0 Å². The van der Waals surface area contributed by atoms with Crippen molar-refractivity contribution in [3.05, 3.63) is 40.3 Å². The van der Waals surface area contributed by atoms with Crippen molar-refractivity contribution >= 4 is 5.91 Å². The molecular weight excluding hydrogens is 346 g/mol. The van der Waals surface area contributed by atoms with Gasteiger partial charge >= 0.3 is 5.69 Å². The summed E-state index contributed by atoms with van der Waals surface area (Å²) in [5.41, 5.74) is 0.277. The first-order valence-electron chi connectivity index (χ1n) is 9.45. The first kappa shape index (κ1) is 19.1. The average Bonchev–Trinajstić information content (AvgIpc) is 2.83. The van der Waals surface area contributed by atoms with E-state index in [1.807, 2.05) is 0 Å². The van der Waals surface area contributed by atoms with E-state index in [1.54, 1.807) is 34.7 Å². The van der Waals surface area contributed by atoms with Crippen LogP contribution in [0.15, 0.2) is 23.1 Å². The lowest BCUT2D eigenvalue weighted by atomic mass is 10.1. The van der Waals surface area contributed by atoms with Gasteiger partial charge in [-0.2, -0.15) is 5.10 Å². The smallest absolute Gasteiger partial charge is 0.345 e. The SMILES string of the molecule is COc1ccnc(C(=O)NC2CCc3nn(CCC(C)C)c(=O)n3CC2)c1. The van der Waals surface area contributed by atoms with E-state index in [4.69, 9.17) is 4.74 Å². The summed E-state index contributed by atoms with van der Waals surface area (Å²) in [6.45, 7) is 5.48. The molecule has 3 heterocycles. The lowest BCUT2D eigenvalue weighted by Crippen LogP contribution is -2.36. The summed E-state index contributed by atoms with van der Waals surface area (Å²) in [5, 5.41) is 7.52. The third-order valence-electron chi connectivity index (χ3n) is 4.87. The lowest BCUT2D eigenvalue weighted by molar-refractivity contribution is 0.0927. The molecule has 1 amide bonds. The molecule has 2 aromatic rings. The normalized spacial score (nSPS) is 16.7. The van der Waals surface area contributed by atoms with Crippen LogP contribution in [0.2, 0.25) is 0 Å². The highest BCUT2D eigenvalue weighted by atomic mass is 16.5. The molecular formula is C19H27N5O3. The van der Waals surface area contributed by atoms with Crippen LogP contribution >= 0.6 is 0 Å². The standard InChI is InChI=1S/C19H27N5O3/c1-13(2)7-11-24-19(26)23-10-8-14(4-5-17(23)22-24)21-18(25)16-12-15(27-3)6-9-20-16/h6,9,12-14H,4-5,7-8,10-11H2,1-3H3,(H,21,25). The largest absolute Gasteiger partial charge is 0.497 e. The Hall–Kier alpha value is -2.64. The van der Waals surface area contributed by atoms with E-state index in [2.05, 4.69) is 29.2 Å². The van der Waals surface area contributed by atoms with E-state index in [0.717, 1.165) is 18.7 Å². The van der Waals surface area contributed by atoms with Gasteiger partial charge in [-0.3, -0.25) is 14.3 Å². The maximum absolute atomic E-state index is 12.6. The van der Waals surface area contributed by atoms with Gasteiger partial charge in [0.1, 0.15) is 17.3 Å². The van der Waals surface area contributed by atoms with Gasteiger partial charge in [-0.15, -0.1) is 0 Å². The minimum atomic E-state index is -0.229. The zero-order valence-electron chi connectivity index (χ0n) is 16.1. The van der Waals surface area contributed by atoms with Crippen LogP contribution in [0.4, 0.5) is 0 Å².